The Morgan fingerprint density at radius 2 is 2.28 bits per heavy atom. The molecule has 18 heavy (non-hydrogen) atoms. The highest BCUT2D eigenvalue weighted by molar-refractivity contribution is 9.11. The van der Waals surface area contributed by atoms with E-state index in [0.717, 1.165) is 3.79 Å². The van der Waals surface area contributed by atoms with Crippen molar-refractivity contribution in [2.75, 3.05) is 26.8 Å². The van der Waals surface area contributed by atoms with Gasteiger partial charge in [0, 0.05) is 12.7 Å². The highest BCUT2D eigenvalue weighted by atomic mass is 79.9. The molecule has 1 aromatic rings. The molecule has 2 heterocycles. The summed E-state index contributed by atoms with van der Waals surface area (Å²) in [6, 6.07) is 1.77. The molecule has 1 aliphatic heterocycles. The summed E-state index contributed by atoms with van der Waals surface area (Å²) in [5.41, 5.74) is -0.178. The number of amides is 1. The van der Waals surface area contributed by atoms with Crippen LogP contribution in [0.4, 0.5) is 0 Å². The summed E-state index contributed by atoms with van der Waals surface area (Å²) in [6.07, 6.45) is 0. The smallest absolute Gasteiger partial charge is 0.264 e. The van der Waals surface area contributed by atoms with Crippen LogP contribution in [0.15, 0.2) is 9.85 Å². The van der Waals surface area contributed by atoms with E-state index in [0.29, 0.717) is 30.3 Å². The molecule has 0 radical (unpaired) electrons. The number of nitrogens with zero attached hydrogens (tertiary/aromatic N) is 1. The summed E-state index contributed by atoms with van der Waals surface area (Å²) in [7, 11) is 1.59. The minimum absolute atomic E-state index is 0.0428. The van der Waals surface area contributed by atoms with Gasteiger partial charge in [-0.05, 0) is 29.8 Å². The van der Waals surface area contributed by atoms with Gasteiger partial charge < -0.3 is 14.4 Å². The summed E-state index contributed by atoms with van der Waals surface area (Å²) in [5, 5.41) is 0. The molecule has 0 N–H and O–H groups in total. The van der Waals surface area contributed by atoms with Crippen molar-refractivity contribution in [3.05, 3.63) is 14.7 Å². The standard InChI is InChI=1S/C12H16BrNO3S/c1-4-17-12(2)6-14(7-12)11(15)9-5-8(16-3)10(13)18-9/h5H,4,6-7H2,1-3H3. The van der Waals surface area contributed by atoms with Crippen LogP contribution in [0.25, 0.3) is 0 Å². The van der Waals surface area contributed by atoms with E-state index in [-0.39, 0.29) is 11.5 Å². The van der Waals surface area contributed by atoms with Gasteiger partial charge in [-0.1, -0.05) is 0 Å². The highest BCUT2D eigenvalue weighted by Gasteiger charge is 2.42. The Morgan fingerprint density at radius 1 is 1.61 bits per heavy atom. The van der Waals surface area contributed by atoms with E-state index in [4.69, 9.17) is 9.47 Å². The maximum absolute atomic E-state index is 12.2. The van der Waals surface area contributed by atoms with Gasteiger partial charge in [-0.15, -0.1) is 11.3 Å². The number of hydrogen-bond acceptors (Lipinski definition) is 4. The Hall–Kier alpha value is -0.590. The molecule has 0 bridgehead atoms. The summed E-state index contributed by atoms with van der Waals surface area (Å²) >= 11 is 4.78. The van der Waals surface area contributed by atoms with Gasteiger partial charge >= 0.3 is 0 Å². The number of methoxy groups -OCH3 is 1. The van der Waals surface area contributed by atoms with Crippen molar-refractivity contribution in [2.45, 2.75) is 19.4 Å². The van der Waals surface area contributed by atoms with Crippen LogP contribution in [-0.2, 0) is 4.74 Å². The number of thiophene rings is 1. The zero-order chi connectivity index (χ0) is 13.3. The number of halogens is 1. The first kappa shape index (κ1) is 13.8. The second kappa shape index (κ2) is 5.19. The van der Waals surface area contributed by atoms with E-state index in [1.54, 1.807) is 18.1 Å². The van der Waals surface area contributed by atoms with Crippen LogP contribution in [0.2, 0.25) is 0 Å². The predicted molar refractivity (Wildman–Crippen MR) is 74.5 cm³/mol. The summed E-state index contributed by atoms with van der Waals surface area (Å²) in [6.45, 7) is 5.98. The van der Waals surface area contributed by atoms with Gasteiger partial charge in [0.1, 0.15) is 15.1 Å². The molecule has 0 spiro atoms. The van der Waals surface area contributed by atoms with Crippen LogP contribution in [0.3, 0.4) is 0 Å². The van der Waals surface area contributed by atoms with Crippen LogP contribution in [-0.4, -0.2) is 43.2 Å². The Balaban J connectivity index is 2.01. The van der Waals surface area contributed by atoms with Crippen molar-refractivity contribution in [3.8, 4) is 5.75 Å². The second-order valence-electron chi connectivity index (χ2n) is 4.50. The van der Waals surface area contributed by atoms with E-state index in [1.807, 2.05) is 13.8 Å². The number of carbonyl (C=O) groups is 1. The van der Waals surface area contributed by atoms with Gasteiger partial charge in [0.25, 0.3) is 5.91 Å². The quantitative estimate of drug-likeness (QED) is 0.850. The summed E-state index contributed by atoms with van der Waals surface area (Å²) in [5.74, 6) is 0.748. The fraction of sp³-hybridized carbons (Fsp3) is 0.583. The zero-order valence-corrected chi connectivity index (χ0v) is 13.1. The van der Waals surface area contributed by atoms with Crippen molar-refractivity contribution in [1.82, 2.24) is 4.90 Å². The lowest BCUT2D eigenvalue weighted by Crippen LogP contribution is -2.63. The van der Waals surface area contributed by atoms with Crippen molar-refractivity contribution in [1.29, 1.82) is 0 Å². The Kier molecular flexibility index (Phi) is 3.99. The van der Waals surface area contributed by atoms with E-state index >= 15 is 0 Å². The highest BCUT2D eigenvalue weighted by Crippen LogP contribution is 2.36. The Bertz CT molecular complexity index is 454. The van der Waals surface area contributed by atoms with Crippen LogP contribution in [0.5, 0.6) is 5.75 Å². The van der Waals surface area contributed by atoms with Gasteiger partial charge in [0.05, 0.1) is 25.1 Å². The molecule has 0 saturated carbocycles. The number of hydrogen-bond donors (Lipinski definition) is 0. The molecular formula is C12H16BrNO3S. The third-order valence-corrected chi connectivity index (χ3v) is 4.69. The minimum atomic E-state index is -0.178. The fourth-order valence-corrected chi connectivity index (χ4v) is 3.71. The third-order valence-electron chi connectivity index (χ3n) is 2.92. The molecule has 0 unspecified atom stereocenters. The lowest BCUT2D eigenvalue weighted by molar-refractivity contribution is -0.113. The Morgan fingerprint density at radius 3 is 2.78 bits per heavy atom. The maximum Gasteiger partial charge on any atom is 0.264 e. The molecule has 1 saturated heterocycles. The minimum Gasteiger partial charge on any atom is -0.495 e. The molecule has 0 aliphatic carbocycles. The Labute approximate surface area is 119 Å². The largest absolute Gasteiger partial charge is 0.495 e. The first-order valence-electron chi connectivity index (χ1n) is 5.75. The maximum atomic E-state index is 12.2. The molecular weight excluding hydrogens is 318 g/mol. The predicted octanol–water partition coefficient (Wildman–Crippen LogP) is 2.77. The van der Waals surface area contributed by atoms with Crippen LogP contribution in [0.1, 0.15) is 23.5 Å². The van der Waals surface area contributed by atoms with Gasteiger partial charge in [-0.25, -0.2) is 0 Å². The average Bonchev–Trinajstić information content (AvgIpc) is 2.66. The van der Waals surface area contributed by atoms with E-state index in [1.165, 1.54) is 11.3 Å². The number of likely N-dealkylation sites (tertiary alicyclic amines) is 1. The SMILES string of the molecule is CCOC1(C)CN(C(=O)c2cc(OC)c(Br)s2)C1. The first-order valence-corrected chi connectivity index (χ1v) is 7.36. The second-order valence-corrected chi connectivity index (χ2v) is 6.87. The molecule has 0 atom stereocenters. The summed E-state index contributed by atoms with van der Waals surface area (Å²) in [4.78, 5) is 14.7. The van der Waals surface area contributed by atoms with Gasteiger partial charge in [-0.3, -0.25) is 4.79 Å². The first-order chi connectivity index (χ1) is 8.49. The van der Waals surface area contributed by atoms with E-state index < -0.39 is 0 Å². The van der Waals surface area contributed by atoms with Crippen molar-refractivity contribution < 1.29 is 14.3 Å². The van der Waals surface area contributed by atoms with E-state index in [9.17, 15) is 4.79 Å². The molecule has 1 amide bonds. The van der Waals surface area contributed by atoms with Crippen molar-refractivity contribution in [3.63, 3.8) is 0 Å². The summed E-state index contributed by atoms with van der Waals surface area (Å²) < 4.78 is 11.6. The third kappa shape index (κ3) is 2.55. The van der Waals surface area contributed by atoms with Crippen LogP contribution < -0.4 is 4.74 Å². The molecule has 1 fully saturated rings. The number of rotatable bonds is 4. The molecule has 0 aromatic carbocycles. The zero-order valence-electron chi connectivity index (χ0n) is 10.7. The number of ether oxygens (including phenoxy) is 2. The van der Waals surface area contributed by atoms with E-state index in [2.05, 4.69) is 15.9 Å². The molecule has 2 rings (SSSR count). The lowest BCUT2D eigenvalue weighted by Gasteiger charge is -2.47. The molecule has 6 heteroatoms. The average molecular weight is 334 g/mol. The topological polar surface area (TPSA) is 38.8 Å². The molecule has 1 aliphatic rings. The fourth-order valence-electron chi connectivity index (χ4n) is 2.10. The van der Waals surface area contributed by atoms with Gasteiger partial charge in [-0.2, -0.15) is 0 Å². The van der Waals surface area contributed by atoms with Gasteiger partial charge in [0.2, 0.25) is 0 Å². The lowest BCUT2D eigenvalue weighted by atomic mass is 9.96. The van der Waals surface area contributed by atoms with Gasteiger partial charge in [0.15, 0.2) is 0 Å². The molecule has 1 aromatic heterocycles. The normalized spacial score (nSPS) is 17.4. The van der Waals surface area contributed by atoms with Crippen molar-refractivity contribution >= 4 is 33.2 Å². The molecule has 100 valence electrons. The molecule has 4 nitrogen and oxygen atoms in total. The van der Waals surface area contributed by atoms with Crippen LogP contribution in [0, 0.1) is 0 Å². The number of carbonyl (C=O) groups excluding carboxylic acids is 1. The monoisotopic (exact) mass is 333 g/mol. The van der Waals surface area contributed by atoms with Crippen molar-refractivity contribution in [2.24, 2.45) is 0 Å². The van der Waals surface area contributed by atoms with Crippen LogP contribution >= 0.6 is 27.3 Å².